The van der Waals surface area contributed by atoms with Crippen LogP contribution in [0.1, 0.15) is 93.8 Å². The van der Waals surface area contributed by atoms with Crippen molar-refractivity contribution in [1.29, 1.82) is 0 Å². The predicted molar refractivity (Wildman–Crippen MR) is 154 cm³/mol. The summed E-state index contributed by atoms with van der Waals surface area (Å²) in [6.45, 7) is 12.8. The number of para-hydroxylation sites is 1. The van der Waals surface area contributed by atoms with Gasteiger partial charge in [0.2, 0.25) is 0 Å². The van der Waals surface area contributed by atoms with Gasteiger partial charge in [-0.1, -0.05) is 96.1 Å². The van der Waals surface area contributed by atoms with E-state index in [0.717, 1.165) is 54.5 Å². The van der Waals surface area contributed by atoms with E-state index in [1.807, 2.05) is 24.3 Å². The Balaban J connectivity index is 1.50. The van der Waals surface area contributed by atoms with Crippen molar-refractivity contribution in [2.24, 2.45) is 0 Å². The Morgan fingerprint density at radius 3 is 2.19 bits per heavy atom. The lowest BCUT2D eigenvalue weighted by molar-refractivity contribution is 0.247. The van der Waals surface area contributed by atoms with Gasteiger partial charge in [-0.25, -0.2) is 4.79 Å². The van der Waals surface area contributed by atoms with Crippen LogP contribution in [0.5, 0.6) is 5.75 Å². The zero-order chi connectivity index (χ0) is 26.8. The molecule has 1 aliphatic carbocycles. The van der Waals surface area contributed by atoms with Gasteiger partial charge in [0.25, 0.3) is 0 Å². The number of urea groups is 1. The predicted octanol–water partition coefficient (Wildman–Crippen LogP) is 7.97. The van der Waals surface area contributed by atoms with E-state index in [9.17, 15) is 9.90 Å². The number of benzene rings is 3. The molecule has 0 fully saturated rings. The van der Waals surface area contributed by atoms with Crippen molar-refractivity contribution in [3.63, 3.8) is 0 Å². The third-order valence-corrected chi connectivity index (χ3v) is 7.41. The Hall–Kier alpha value is -3.27. The second-order valence-corrected chi connectivity index (χ2v) is 12.4. The Kier molecular flexibility index (Phi) is 7.68. The van der Waals surface area contributed by atoms with Crippen LogP contribution in [0.15, 0.2) is 60.7 Å². The van der Waals surface area contributed by atoms with Crippen molar-refractivity contribution in [1.82, 2.24) is 5.32 Å². The van der Waals surface area contributed by atoms with Gasteiger partial charge in [0.15, 0.2) is 0 Å². The molecule has 0 saturated heterocycles. The number of nitrogens with one attached hydrogen (secondary N) is 2. The van der Waals surface area contributed by atoms with Crippen LogP contribution < -0.4 is 10.6 Å². The molecule has 1 unspecified atom stereocenters. The third kappa shape index (κ3) is 6.36. The van der Waals surface area contributed by atoms with Gasteiger partial charge in [-0.2, -0.15) is 0 Å². The highest BCUT2D eigenvalue weighted by atomic mass is 16.3. The van der Waals surface area contributed by atoms with Crippen LogP contribution in [0.3, 0.4) is 0 Å². The number of carbonyl (C=O) groups excluding carboxylic acids is 1. The second kappa shape index (κ2) is 10.6. The normalized spacial score (nSPS) is 15.7. The molecule has 2 amide bonds. The van der Waals surface area contributed by atoms with Crippen LogP contribution in [0, 0.1) is 0 Å². The fourth-order valence-corrected chi connectivity index (χ4v) is 5.34. The van der Waals surface area contributed by atoms with Crippen LogP contribution in [0.25, 0.3) is 0 Å². The second-order valence-electron chi connectivity index (χ2n) is 12.4. The molecule has 1 aliphatic rings. The van der Waals surface area contributed by atoms with Gasteiger partial charge < -0.3 is 15.7 Å². The van der Waals surface area contributed by atoms with E-state index in [0.29, 0.717) is 5.75 Å². The Bertz CT molecular complexity index is 1230. The number of phenolic OH excluding ortho intramolecular Hbond substituents is 1. The number of rotatable bonds is 5. The molecule has 0 bridgehead atoms. The lowest BCUT2D eigenvalue weighted by Gasteiger charge is -2.28. The molecule has 4 nitrogen and oxygen atoms in total. The molecule has 0 aliphatic heterocycles. The van der Waals surface area contributed by atoms with E-state index in [1.54, 1.807) is 0 Å². The summed E-state index contributed by atoms with van der Waals surface area (Å²) in [6.07, 6.45) is 4.73. The molecule has 0 spiro atoms. The summed E-state index contributed by atoms with van der Waals surface area (Å²) in [7, 11) is 0. The molecule has 1 atom stereocenters. The largest absolute Gasteiger partial charge is 0.507 e. The SMILES string of the molecule is CC(C)(C)c1cc(CCc2ccccc2NC(=O)NC2CCCc3ccccc32)cc(C(C)(C)C)c1O. The van der Waals surface area contributed by atoms with Crippen molar-refractivity contribution in [2.75, 3.05) is 5.32 Å². The molecule has 0 aromatic heterocycles. The molecular formula is C33H42N2O2. The van der Waals surface area contributed by atoms with E-state index in [2.05, 4.69) is 88.6 Å². The van der Waals surface area contributed by atoms with E-state index in [1.165, 1.54) is 16.7 Å². The van der Waals surface area contributed by atoms with Gasteiger partial charge in [0.1, 0.15) is 5.75 Å². The summed E-state index contributed by atoms with van der Waals surface area (Å²) < 4.78 is 0. The van der Waals surface area contributed by atoms with Crippen LogP contribution >= 0.6 is 0 Å². The fourth-order valence-electron chi connectivity index (χ4n) is 5.34. The number of hydrogen-bond acceptors (Lipinski definition) is 2. The Morgan fingerprint density at radius 2 is 1.51 bits per heavy atom. The van der Waals surface area contributed by atoms with Crippen LogP contribution in [0.4, 0.5) is 10.5 Å². The number of carbonyl (C=O) groups is 1. The lowest BCUT2D eigenvalue weighted by Crippen LogP contribution is -2.34. The van der Waals surface area contributed by atoms with Crippen LogP contribution in [0.2, 0.25) is 0 Å². The maximum absolute atomic E-state index is 13.0. The molecular weight excluding hydrogens is 456 g/mol. The average Bonchev–Trinajstić information content (AvgIpc) is 2.83. The highest BCUT2D eigenvalue weighted by Crippen LogP contribution is 2.40. The summed E-state index contributed by atoms with van der Waals surface area (Å²) in [5.74, 6) is 0.409. The van der Waals surface area contributed by atoms with E-state index < -0.39 is 0 Å². The zero-order valence-electron chi connectivity index (χ0n) is 23.2. The van der Waals surface area contributed by atoms with E-state index >= 15 is 0 Å². The molecule has 4 rings (SSSR count). The first-order valence-corrected chi connectivity index (χ1v) is 13.5. The summed E-state index contributed by atoms with van der Waals surface area (Å²) in [5, 5.41) is 17.4. The van der Waals surface area contributed by atoms with Gasteiger partial charge in [-0.3, -0.25) is 0 Å². The summed E-state index contributed by atoms with van der Waals surface area (Å²) >= 11 is 0. The number of phenols is 1. The number of anilines is 1. The van der Waals surface area contributed by atoms with Gasteiger partial charge in [-0.15, -0.1) is 0 Å². The number of amides is 2. The van der Waals surface area contributed by atoms with Gasteiger partial charge >= 0.3 is 6.03 Å². The average molecular weight is 499 g/mol. The minimum absolute atomic E-state index is 0.0424. The summed E-state index contributed by atoms with van der Waals surface area (Å²) in [4.78, 5) is 13.0. The van der Waals surface area contributed by atoms with Crippen molar-refractivity contribution in [2.45, 2.75) is 90.5 Å². The van der Waals surface area contributed by atoms with Gasteiger partial charge in [0, 0.05) is 5.69 Å². The number of aryl methyl sites for hydroxylation is 3. The first-order valence-electron chi connectivity index (χ1n) is 13.5. The minimum Gasteiger partial charge on any atom is -0.507 e. The molecule has 0 heterocycles. The van der Waals surface area contributed by atoms with E-state index in [4.69, 9.17) is 0 Å². The van der Waals surface area contributed by atoms with Gasteiger partial charge in [-0.05, 0) is 82.4 Å². The molecule has 3 N–H and O–H groups in total. The molecule has 0 radical (unpaired) electrons. The number of hydrogen-bond donors (Lipinski definition) is 3. The Labute approximate surface area is 222 Å². The van der Waals surface area contributed by atoms with Crippen molar-refractivity contribution in [3.8, 4) is 5.75 Å². The van der Waals surface area contributed by atoms with Crippen molar-refractivity contribution < 1.29 is 9.90 Å². The third-order valence-electron chi connectivity index (χ3n) is 7.41. The maximum Gasteiger partial charge on any atom is 0.319 e. The molecule has 196 valence electrons. The minimum atomic E-state index is -0.163. The molecule has 37 heavy (non-hydrogen) atoms. The molecule has 4 heteroatoms. The molecule has 0 saturated carbocycles. The zero-order valence-corrected chi connectivity index (χ0v) is 23.2. The van der Waals surface area contributed by atoms with E-state index in [-0.39, 0.29) is 22.9 Å². The Morgan fingerprint density at radius 1 is 0.892 bits per heavy atom. The first-order chi connectivity index (χ1) is 17.4. The lowest BCUT2D eigenvalue weighted by atomic mass is 9.78. The standard InChI is InChI=1S/C33H42N2O2/c1-32(2,3)26-20-22(21-27(30(26)36)33(4,5)6)18-19-24-13-8-10-16-28(24)34-31(37)35-29-17-11-14-23-12-7-9-15-25(23)29/h7-10,12-13,15-16,20-21,29,36H,11,14,17-19H2,1-6H3,(H2,34,35,37). The molecule has 3 aromatic rings. The monoisotopic (exact) mass is 498 g/mol. The van der Waals surface area contributed by atoms with Crippen molar-refractivity contribution >= 4 is 11.7 Å². The first kappa shape index (κ1) is 26.8. The maximum atomic E-state index is 13.0. The highest BCUT2D eigenvalue weighted by molar-refractivity contribution is 5.90. The number of fused-ring (bicyclic) bond motifs is 1. The topological polar surface area (TPSA) is 61.4 Å². The smallest absolute Gasteiger partial charge is 0.319 e. The quantitative estimate of drug-likeness (QED) is 0.334. The van der Waals surface area contributed by atoms with Crippen LogP contribution in [-0.4, -0.2) is 11.1 Å². The fraction of sp³-hybridized carbons (Fsp3) is 0.424. The summed E-state index contributed by atoms with van der Waals surface area (Å²) in [5.41, 5.74) is 7.35. The van der Waals surface area contributed by atoms with Gasteiger partial charge in [0.05, 0.1) is 6.04 Å². The highest BCUT2D eigenvalue weighted by Gasteiger charge is 2.26. The summed E-state index contributed by atoms with van der Waals surface area (Å²) in [6, 6.07) is 20.6. The number of aromatic hydroxyl groups is 1. The van der Waals surface area contributed by atoms with Crippen LogP contribution in [-0.2, 0) is 30.1 Å². The van der Waals surface area contributed by atoms with Crippen molar-refractivity contribution in [3.05, 3.63) is 94.0 Å². The molecule has 3 aromatic carbocycles.